The quantitative estimate of drug-likeness (QED) is 0.696. The van der Waals surface area contributed by atoms with Gasteiger partial charge in [0, 0.05) is 12.8 Å². The highest BCUT2D eigenvalue weighted by Gasteiger charge is 2.47. The molecular weight excluding hydrogens is 307 g/mol. The van der Waals surface area contributed by atoms with Gasteiger partial charge in [0.2, 0.25) is 0 Å². The van der Waals surface area contributed by atoms with Gasteiger partial charge in [-0.3, -0.25) is 0 Å². The average Bonchev–Trinajstić information content (AvgIpc) is 2.35. The lowest BCUT2D eigenvalue weighted by Crippen LogP contribution is -2.53. The zero-order valence-corrected chi connectivity index (χ0v) is 11.8. The second kappa shape index (κ2) is 5.16. The largest absolute Gasteiger partial charge is 0.422 e. The minimum atomic E-state index is -5.03. The summed E-state index contributed by atoms with van der Waals surface area (Å²) in [6.07, 6.45) is -3.06. The van der Waals surface area contributed by atoms with Crippen molar-refractivity contribution in [3.05, 3.63) is 34.9 Å². The van der Waals surface area contributed by atoms with Crippen LogP contribution < -0.4 is 0 Å². The van der Waals surface area contributed by atoms with Crippen LogP contribution in [0, 0.1) is 11.6 Å². The number of hydrogen-bond acceptors (Lipinski definition) is 2. The molecule has 7 heteroatoms. The maximum Gasteiger partial charge on any atom is 0.422 e. The number of alkyl halides is 3. The molecule has 0 amide bonds. The van der Waals surface area contributed by atoms with E-state index in [4.69, 9.17) is 9.47 Å². The maximum absolute atomic E-state index is 13.6. The van der Waals surface area contributed by atoms with Gasteiger partial charge in [-0.05, 0) is 43.4 Å². The summed E-state index contributed by atoms with van der Waals surface area (Å²) in [4.78, 5) is 0. The van der Waals surface area contributed by atoms with Gasteiger partial charge in [-0.25, -0.2) is 8.78 Å². The van der Waals surface area contributed by atoms with Crippen LogP contribution in [0.2, 0.25) is 0 Å². The number of hydrogen-bond donors (Lipinski definition) is 0. The monoisotopic (exact) mass is 322 g/mol. The normalized spacial score (nSPS) is 32.1. The van der Waals surface area contributed by atoms with Crippen molar-refractivity contribution in [1.29, 1.82) is 0 Å². The Kier molecular flexibility index (Phi) is 3.68. The molecule has 2 nitrogen and oxygen atoms in total. The van der Waals surface area contributed by atoms with Gasteiger partial charge in [0.1, 0.15) is 17.2 Å². The standard InChI is InChI=1S/C15H15F5O2/c1-8-21-14(22-8)4-2-9(3-5-14)10-6-11(16)13(12(17)7-10)15(18,19)20/h6-9H,2-5H2,1H3. The van der Waals surface area contributed by atoms with Gasteiger partial charge in [0.05, 0.1) is 0 Å². The van der Waals surface area contributed by atoms with Gasteiger partial charge in [-0.1, -0.05) is 0 Å². The topological polar surface area (TPSA) is 18.5 Å². The minimum Gasteiger partial charge on any atom is -0.321 e. The van der Waals surface area contributed by atoms with E-state index in [2.05, 4.69) is 0 Å². The van der Waals surface area contributed by atoms with Crippen molar-refractivity contribution < 1.29 is 31.4 Å². The van der Waals surface area contributed by atoms with Crippen LogP contribution in [0.15, 0.2) is 12.1 Å². The van der Waals surface area contributed by atoms with Crippen molar-refractivity contribution in [1.82, 2.24) is 0 Å². The van der Waals surface area contributed by atoms with Crippen LogP contribution in [-0.2, 0) is 15.7 Å². The lowest BCUT2D eigenvalue weighted by atomic mass is 9.80. The van der Waals surface area contributed by atoms with Crippen LogP contribution in [0.1, 0.15) is 49.7 Å². The summed E-state index contributed by atoms with van der Waals surface area (Å²) in [5, 5.41) is 0. The lowest BCUT2D eigenvalue weighted by Gasteiger charge is -2.49. The third-order valence-corrected chi connectivity index (χ3v) is 4.33. The van der Waals surface area contributed by atoms with E-state index in [0.29, 0.717) is 25.7 Å². The molecule has 2 aliphatic rings. The molecule has 0 N–H and O–H groups in total. The molecule has 1 spiro atoms. The Morgan fingerprint density at radius 3 is 1.95 bits per heavy atom. The molecule has 122 valence electrons. The van der Waals surface area contributed by atoms with Crippen molar-refractivity contribution in [2.45, 2.75) is 56.8 Å². The molecule has 0 bridgehead atoms. The highest BCUT2D eigenvalue weighted by molar-refractivity contribution is 5.31. The molecule has 1 saturated carbocycles. The van der Waals surface area contributed by atoms with E-state index in [0.717, 1.165) is 12.1 Å². The van der Waals surface area contributed by atoms with E-state index in [1.54, 1.807) is 6.92 Å². The van der Waals surface area contributed by atoms with E-state index in [1.165, 1.54) is 0 Å². The van der Waals surface area contributed by atoms with Gasteiger partial charge in [-0.2, -0.15) is 13.2 Å². The summed E-state index contributed by atoms with van der Waals surface area (Å²) < 4.78 is 76.0. The van der Waals surface area contributed by atoms with Crippen LogP contribution in [0.5, 0.6) is 0 Å². The van der Waals surface area contributed by atoms with Gasteiger partial charge in [0.25, 0.3) is 0 Å². The number of rotatable bonds is 1. The summed E-state index contributed by atoms with van der Waals surface area (Å²) in [6.45, 7) is 1.78. The zero-order valence-electron chi connectivity index (χ0n) is 11.8. The predicted octanol–water partition coefficient (Wildman–Crippen LogP) is 4.73. The second-order valence-corrected chi connectivity index (χ2v) is 5.85. The van der Waals surface area contributed by atoms with Gasteiger partial charge in [-0.15, -0.1) is 0 Å². The van der Waals surface area contributed by atoms with Crippen molar-refractivity contribution in [2.24, 2.45) is 0 Å². The average molecular weight is 322 g/mol. The third-order valence-electron chi connectivity index (χ3n) is 4.33. The molecule has 0 radical (unpaired) electrons. The highest BCUT2D eigenvalue weighted by Crippen LogP contribution is 2.46. The Labute approximate surface area is 124 Å². The van der Waals surface area contributed by atoms with E-state index < -0.39 is 29.2 Å². The molecule has 1 aromatic rings. The van der Waals surface area contributed by atoms with Crippen molar-refractivity contribution >= 4 is 0 Å². The zero-order chi connectivity index (χ0) is 16.1. The molecule has 22 heavy (non-hydrogen) atoms. The number of halogens is 5. The fraction of sp³-hybridized carbons (Fsp3) is 0.600. The van der Waals surface area contributed by atoms with Gasteiger partial charge >= 0.3 is 6.18 Å². The van der Waals surface area contributed by atoms with E-state index in [9.17, 15) is 22.0 Å². The van der Waals surface area contributed by atoms with Crippen LogP contribution in [-0.4, -0.2) is 12.1 Å². The Morgan fingerprint density at radius 1 is 1.05 bits per heavy atom. The van der Waals surface area contributed by atoms with Crippen molar-refractivity contribution in [3.63, 3.8) is 0 Å². The molecule has 0 aromatic heterocycles. The van der Waals surface area contributed by atoms with E-state index in [1.807, 2.05) is 0 Å². The Balaban J connectivity index is 1.77. The van der Waals surface area contributed by atoms with Crippen molar-refractivity contribution in [3.8, 4) is 0 Å². The lowest BCUT2D eigenvalue weighted by molar-refractivity contribution is -0.453. The molecule has 1 heterocycles. The summed E-state index contributed by atoms with van der Waals surface area (Å²) in [5.41, 5.74) is -1.58. The van der Waals surface area contributed by atoms with Crippen LogP contribution >= 0.6 is 0 Å². The van der Waals surface area contributed by atoms with Gasteiger partial charge in [0.15, 0.2) is 12.1 Å². The SMILES string of the molecule is CC1OC2(CCC(c3cc(F)c(C(F)(F)F)c(F)c3)CC2)O1. The fourth-order valence-electron chi connectivity index (χ4n) is 3.34. The summed E-state index contributed by atoms with van der Waals surface area (Å²) >= 11 is 0. The van der Waals surface area contributed by atoms with Crippen LogP contribution in [0.25, 0.3) is 0 Å². The summed E-state index contributed by atoms with van der Waals surface area (Å²) in [5.74, 6) is -3.93. The predicted molar refractivity (Wildman–Crippen MR) is 66.9 cm³/mol. The molecule has 1 aromatic carbocycles. The molecule has 3 rings (SSSR count). The highest BCUT2D eigenvalue weighted by atomic mass is 19.4. The molecule has 1 saturated heterocycles. The van der Waals surface area contributed by atoms with E-state index in [-0.39, 0.29) is 17.8 Å². The smallest absolute Gasteiger partial charge is 0.321 e. The minimum absolute atomic E-state index is 0.194. The molecule has 0 atom stereocenters. The van der Waals surface area contributed by atoms with Crippen LogP contribution in [0.3, 0.4) is 0 Å². The Bertz CT molecular complexity index is 545. The van der Waals surface area contributed by atoms with Gasteiger partial charge < -0.3 is 9.47 Å². The number of ether oxygens (including phenoxy) is 2. The first-order chi connectivity index (χ1) is 10.2. The maximum atomic E-state index is 13.6. The Morgan fingerprint density at radius 2 is 1.55 bits per heavy atom. The molecule has 1 aliphatic heterocycles. The van der Waals surface area contributed by atoms with E-state index >= 15 is 0 Å². The summed E-state index contributed by atoms with van der Waals surface area (Å²) in [7, 11) is 0. The molecule has 2 fully saturated rings. The Hall–Kier alpha value is -1.21. The molecular formula is C15H15F5O2. The van der Waals surface area contributed by atoms with Crippen LogP contribution in [0.4, 0.5) is 22.0 Å². The second-order valence-electron chi connectivity index (χ2n) is 5.85. The molecule has 0 unspecified atom stereocenters. The summed E-state index contributed by atoms with van der Waals surface area (Å²) in [6, 6.07) is 1.58. The van der Waals surface area contributed by atoms with Crippen molar-refractivity contribution in [2.75, 3.05) is 0 Å². The molecule has 1 aliphatic carbocycles. The number of benzene rings is 1. The first-order valence-corrected chi connectivity index (χ1v) is 7.12. The third kappa shape index (κ3) is 2.72. The first kappa shape index (κ1) is 15.7. The fourth-order valence-corrected chi connectivity index (χ4v) is 3.34. The first-order valence-electron chi connectivity index (χ1n) is 7.12.